The summed E-state index contributed by atoms with van der Waals surface area (Å²) in [4.78, 5) is 10.5. The van der Waals surface area contributed by atoms with E-state index in [0.717, 1.165) is 16.0 Å². The fourth-order valence-electron chi connectivity index (χ4n) is 1.06. The molecule has 2 aromatic rings. The number of rotatable bonds is 2. The van der Waals surface area contributed by atoms with Crippen LogP contribution in [0.15, 0.2) is 27.4 Å². The van der Waals surface area contributed by atoms with Gasteiger partial charge >= 0.3 is 4.94 Å². The molecule has 0 N–H and O–H groups in total. The maximum atomic E-state index is 10.9. The normalized spacial score (nSPS) is 9.93. The molecule has 2 rings (SSSR count). The molecule has 0 saturated carbocycles. The van der Waals surface area contributed by atoms with Gasteiger partial charge in [0, 0.05) is 6.07 Å². The van der Waals surface area contributed by atoms with Crippen LogP contribution in [-0.2, 0) is 0 Å². The van der Waals surface area contributed by atoms with Gasteiger partial charge in [-0.1, -0.05) is 11.3 Å². The molecule has 14 heavy (non-hydrogen) atoms. The summed E-state index contributed by atoms with van der Waals surface area (Å²) in [6.07, 6.45) is 0. The summed E-state index contributed by atoms with van der Waals surface area (Å²) < 4.78 is 10.7. The molecule has 5 heteroatoms. The van der Waals surface area contributed by atoms with Crippen molar-refractivity contribution in [1.29, 1.82) is 5.26 Å². The third-order valence-electron chi connectivity index (χ3n) is 1.61. The van der Waals surface area contributed by atoms with Crippen molar-refractivity contribution in [3.63, 3.8) is 0 Å². The summed E-state index contributed by atoms with van der Waals surface area (Å²) in [5, 5.41) is 8.30. The summed E-state index contributed by atoms with van der Waals surface area (Å²) in [6, 6.07) is 6.89. The van der Waals surface area contributed by atoms with Crippen LogP contribution in [0.25, 0.3) is 10.3 Å². The minimum atomic E-state index is -0.336. The highest BCUT2D eigenvalue weighted by atomic mass is 32.1. The number of nitriles is 1. The van der Waals surface area contributed by atoms with Gasteiger partial charge in [0.05, 0.1) is 4.70 Å². The van der Waals surface area contributed by atoms with E-state index in [4.69, 9.17) is 14.4 Å². The maximum Gasteiger partial charge on any atom is 0.396 e. The van der Waals surface area contributed by atoms with Crippen molar-refractivity contribution in [3.8, 4) is 11.8 Å². The fraction of sp³-hybridized carbons (Fsp3) is 0.111. The van der Waals surface area contributed by atoms with Gasteiger partial charge in [-0.05, 0) is 12.1 Å². The molecule has 0 atom stereocenters. The third kappa shape index (κ3) is 1.60. The molecule has 1 aromatic carbocycles. The van der Waals surface area contributed by atoms with Gasteiger partial charge in [0.1, 0.15) is 11.8 Å². The molecule has 0 spiro atoms. The van der Waals surface area contributed by atoms with Gasteiger partial charge in [0.2, 0.25) is 0 Å². The van der Waals surface area contributed by atoms with Gasteiger partial charge in [0.25, 0.3) is 0 Å². The predicted octanol–water partition coefficient (Wildman–Crippen LogP) is 1.76. The molecule has 1 heterocycles. The average molecular weight is 207 g/mol. The monoisotopic (exact) mass is 207 g/mol. The number of hydrogen-bond acceptors (Lipinski definition) is 5. The Morgan fingerprint density at radius 2 is 2.43 bits per heavy atom. The van der Waals surface area contributed by atoms with Crippen LogP contribution >= 0.6 is 11.3 Å². The molecule has 0 aliphatic carbocycles. The minimum absolute atomic E-state index is 0.0140. The molecule has 0 bridgehead atoms. The Bertz CT molecular complexity index is 549. The Morgan fingerprint density at radius 3 is 3.21 bits per heavy atom. The van der Waals surface area contributed by atoms with Crippen molar-refractivity contribution < 1.29 is 9.15 Å². The maximum absolute atomic E-state index is 10.9. The van der Waals surface area contributed by atoms with Gasteiger partial charge in [-0.25, -0.2) is 4.79 Å². The molecular weight excluding hydrogens is 202 g/mol. The van der Waals surface area contributed by atoms with Crippen molar-refractivity contribution in [2.24, 2.45) is 0 Å². The zero-order valence-electron chi connectivity index (χ0n) is 7.02. The smallest absolute Gasteiger partial charge is 0.396 e. The van der Waals surface area contributed by atoms with Crippen LogP contribution < -0.4 is 9.68 Å². The average Bonchev–Trinajstić information content (AvgIpc) is 2.54. The van der Waals surface area contributed by atoms with Gasteiger partial charge < -0.3 is 9.15 Å². The van der Waals surface area contributed by atoms with Gasteiger partial charge in [-0.2, -0.15) is 5.26 Å². The SMILES string of the molecule is N#CCOc1ccc2sc(=O)oc2c1. The van der Waals surface area contributed by atoms with Gasteiger partial charge in [-0.15, -0.1) is 0 Å². The van der Waals surface area contributed by atoms with E-state index in [9.17, 15) is 4.79 Å². The second-order valence-electron chi connectivity index (χ2n) is 2.51. The van der Waals surface area contributed by atoms with Crippen LogP contribution in [0.5, 0.6) is 5.75 Å². The number of benzene rings is 1. The quantitative estimate of drug-likeness (QED) is 0.752. The van der Waals surface area contributed by atoms with Crippen molar-refractivity contribution in [2.45, 2.75) is 0 Å². The lowest BCUT2D eigenvalue weighted by molar-refractivity contribution is 0.368. The molecule has 0 amide bonds. The topological polar surface area (TPSA) is 63.2 Å². The highest BCUT2D eigenvalue weighted by Crippen LogP contribution is 2.22. The molecule has 0 aliphatic heterocycles. The third-order valence-corrected chi connectivity index (χ3v) is 2.41. The summed E-state index contributed by atoms with van der Waals surface area (Å²) in [5.41, 5.74) is 0.496. The van der Waals surface area contributed by atoms with Crippen LogP contribution in [0.3, 0.4) is 0 Å². The fourth-order valence-corrected chi connectivity index (χ4v) is 1.71. The van der Waals surface area contributed by atoms with E-state index in [1.165, 1.54) is 0 Å². The van der Waals surface area contributed by atoms with Crippen LogP contribution in [0.1, 0.15) is 0 Å². The second-order valence-corrected chi connectivity index (χ2v) is 3.49. The van der Waals surface area contributed by atoms with E-state index < -0.39 is 0 Å². The van der Waals surface area contributed by atoms with Gasteiger partial charge in [0.15, 0.2) is 12.2 Å². The summed E-state index contributed by atoms with van der Waals surface area (Å²) in [7, 11) is 0. The van der Waals surface area contributed by atoms with E-state index in [2.05, 4.69) is 0 Å². The second kappa shape index (κ2) is 3.52. The lowest BCUT2D eigenvalue weighted by Gasteiger charge is -1.98. The van der Waals surface area contributed by atoms with Crippen molar-refractivity contribution in [1.82, 2.24) is 0 Å². The molecule has 4 nitrogen and oxygen atoms in total. The Hall–Kier alpha value is -1.80. The first-order valence-corrected chi connectivity index (χ1v) is 4.65. The van der Waals surface area contributed by atoms with Crippen LogP contribution in [0, 0.1) is 11.3 Å². The largest absolute Gasteiger partial charge is 0.479 e. The summed E-state index contributed by atoms with van der Waals surface area (Å²) in [5.74, 6) is 0.528. The summed E-state index contributed by atoms with van der Waals surface area (Å²) in [6.45, 7) is -0.0140. The molecule has 0 radical (unpaired) electrons. The molecule has 0 fully saturated rings. The molecule has 0 unspecified atom stereocenters. The highest BCUT2D eigenvalue weighted by Gasteiger charge is 2.03. The lowest BCUT2D eigenvalue weighted by atomic mass is 10.3. The minimum Gasteiger partial charge on any atom is -0.479 e. The molecule has 1 aromatic heterocycles. The zero-order chi connectivity index (χ0) is 9.97. The molecule has 70 valence electrons. The molecular formula is C9H5NO3S. The number of fused-ring (bicyclic) bond motifs is 1. The van der Waals surface area contributed by atoms with Crippen LogP contribution in [0.2, 0.25) is 0 Å². The first kappa shape index (κ1) is 8.78. The number of hydrogen-bond donors (Lipinski definition) is 0. The predicted molar refractivity (Wildman–Crippen MR) is 51.5 cm³/mol. The zero-order valence-corrected chi connectivity index (χ0v) is 7.84. The molecule has 0 saturated heterocycles. The Balaban J connectivity index is 2.41. The Morgan fingerprint density at radius 1 is 1.57 bits per heavy atom. The van der Waals surface area contributed by atoms with E-state index in [1.807, 2.05) is 6.07 Å². The first-order valence-electron chi connectivity index (χ1n) is 3.83. The van der Waals surface area contributed by atoms with Crippen molar-refractivity contribution in [3.05, 3.63) is 27.9 Å². The number of ether oxygens (including phenoxy) is 1. The van der Waals surface area contributed by atoms with E-state index in [-0.39, 0.29) is 11.5 Å². The highest BCUT2D eigenvalue weighted by molar-refractivity contribution is 7.16. The van der Waals surface area contributed by atoms with Crippen LogP contribution in [-0.4, -0.2) is 6.61 Å². The Kier molecular flexibility index (Phi) is 2.21. The lowest BCUT2D eigenvalue weighted by Crippen LogP contribution is -1.92. The van der Waals surface area contributed by atoms with Gasteiger partial charge in [-0.3, -0.25) is 0 Å². The Labute approximate surface area is 83.0 Å². The van der Waals surface area contributed by atoms with E-state index in [0.29, 0.717) is 11.3 Å². The van der Waals surface area contributed by atoms with Crippen LogP contribution in [0.4, 0.5) is 0 Å². The van der Waals surface area contributed by atoms with Crippen molar-refractivity contribution >= 4 is 21.6 Å². The first-order chi connectivity index (χ1) is 6.79. The van der Waals surface area contributed by atoms with E-state index >= 15 is 0 Å². The van der Waals surface area contributed by atoms with Crippen molar-refractivity contribution in [2.75, 3.05) is 6.61 Å². The van der Waals surface area contributed by atoms with E-state index in [1.54, 1.807) is 18.2 Å². The standard InChI is InChI=1S/C9H5NO3S/c10-3-4-12-6-1-2-8-7(5-6)13-9(11)14-8/h1-2,5H,4H2. The molecule has 0 aliphatic rings. The summed E-state index contributed by atoms with van der Waals surface area (Å²) >= 11 is 1.04. The number of nitrogens with zero attached hydrogens (tertiary/aromatic N) is 1.